The highest BCUT2D eigenvalue weighted by Gasteiger charge is 2.19. The third kappa shape index (κ3) is 7.31. The van der Waals surface area contributed by atoms with Gasteiger partial charge in [0.05, 0.1) is 18.2 Å². The van der Waals surface area contributed by atoms with E-state index in [9.17, 15) is 5.26 Å². The van der Waals surface area contributed by atoms with Crippen molar-refractivity contribution in [3.63, 3.8) is 0 Å². The summed E-state index contributed by atoms with van der Waals surface area (Å²) in [5.74, 6) is 0. The minimum Gasteiger partial charge on any atom is -0.311 e. The summed E-state index contributed by atoms with van der Waals surface area (Å²) in [5, 5.41) is 24.1. The molecule has 0 radical (unpaired) electrons. The van der Waals surface area contributed by atoms with Gasteiger partial charge in [-0.1, -0.05) is 158 Å². The van der Waals surface area contributed by atoms with Crippen LogP contribution in [0.1, 0.15) is 5.56 Å². The van der Waals surface area contributed by atoms with Gasteiger partial charge in [0.1, 0.15) is 0 Å². The van der Waals surface area contributed by atoms with Crippen LogP contribution in [0, 0.1) is 17.9 Å². The quantitative estimate of drug-likeness (QED) is 0.113. The Hall–Kier alpha value is -10.0. The van der Waals surface area contributed by atoms with Crippen molar-refractivity contribution >= 4 is 104 Å². The van der Waals surface area contributed by atoms with Gasteiger partial charge in [0, 0.05) is 34.1 Å². The van der Waals surface area contributed by atoms with E-state index in [1.54, 1.807) is 0 Å². The monoisotopic (exact) mass is 914 g/mol. The number of nitrogens with zero attached hydrogens (tertiary/aromatic N) is 4. The molecule has 0 N–H and O–H groups in total. The highest BCUT2D eigenvalue weighted by Crippen LogP contribution is 2.45. The van der Waals surface area contributed by atoms with Crippen molar-refractivity contribution in [2.75, 3.05) is 9.80 Å². The Morgan fingerprint density at radius 2 is 0.750 bits per heavy atom. The largest absolute Gasteiger partial charge is 0.311 e. The first kappa shape index (κ1) is 42.1. The van der Waals surface area contributed by atoms with Crippen LogP contribution in [0.3, 0.4) is 0 Å². The standard InChI is InChI=1S/C68H42N4/c1-70-53-27-37-57(38-28-53)72(59-36-23-47-11-3-5-13-51(47)41-59)55-31-20-48(21-32-55)52-26-39-64-66(42-52)60-14-6-7-15-61(60)67-43-65(62-16-8-9-17-63(62)68(64)67)49-24-33-56(34-25-49)71(54-29-18-45(44-69)19-30-54)58-35-22-46-10-2-4-12-50(46)40-58/h2-43H. The zero-order valence-electron chi connectivity index (χ0n) is 39.0. The maximum absolute atomic E-state index is 9.60. The van der Waals surface area contributed by atoms with E-state index in [0.717, 1.165) is 50.8 Å². The smallest absolute Gasteiger partial charge is 0.187 e. The first-order valence-electron chi connectivity index (χ1n) is 24.1. The zero-order chi connectivity index (χ0) is 48.1. The van der Waals surface area contributed by atoms with Crippen LogP contribution < -0.4 is 9.80 Å². The first-order valence-corrected chi connectivity index (χ1v) is 24.1. The topological polar surface area (TPSA) is 34.6 Å². The molecule has 13 rings (SSSR count). The van der Waals surface area contributed by atoms with Crippen molar-refractivity contribution < 1.29 is 0 Å². The Labute approximate surface area is 417 Å². The van der Waals surface area contributed by atoms with Crippen molar-refractivity contribution in [2.24, 2.45) is 0 Å². The molecule has 0 saturated carbocycles. The maximum atomic E-state index is 9.60. The average Bonchev–Trinajstić information content (AvgIpc) is 3.45. The highest BCUT2D eigenvalue weighted by molar-refractivity contribution is 6.33. The van der Waals surface area contributed by atoms with E-state index in [-0.39, 0.29) is 0 Å². The lowest BCUT2D eigenvalue weighted by Crippen LogP contribution is -2.09. The molecule has 72 heavy (non-hydrogen) atoms. The predicted molar refractivity (Wildman–Crippen MR) is 303 cm³/mol. The lowest BCUT2D eigenvalue weighted by molar-refractivity contribution is 1.29. The molecule has 0 aliphatic carbocycles. The molecule has 0 saturated heterocycles. The van der Waals surface area contributed by atoms with Gasteiger partial charge in [-0.2, -0.15) is 5.26 Å². The average molecular weight is 915 g/mol. The van der Waals surface area contributed by atoms with Gasteiger partial charge in [-0.3, -0.25) is 0 Å². The van der Waals surface area contributed by atoms with Crippen molar-refractivity contribution in [2.45, 2.75) is 0 Å². The van der Waals surface area contributed by atoms with E-state index >= 15 is 0 Å². The second-order valence-corrected chi connectivity index (χ2v) is 18.3. The third-order valence-electron chi connectivity index (χ3n) is 14.2. The van der Waals surface area contributed by atoms with E-state index in [0.29, 0.717) is 11.3 Å². The van der Waals surface area contributed by atoms with E-state index in [4.69, 9.17) is 6.57 Å². The lowest BCUT2D eigenvalue weighted by Gasteiger charge is -2.26. The van der Waals surface area contributed by atoms with Crippen molar-refractivity contribution in [3.05, 3.63) is 272 Å². The lowest BCUT2D eigenvalue weighted by atomic mass is 9.86. The van der Waals surface area contributed by atoms with Gasteiger partial charge in [0.25, 0.3) is 0 Å². The number of benzene rings is 13. The number of rotatable bonds is 8. The second-order valence-electron chi connectivity index (χ2n) is 18.3. The van der Waals surface area contributed by atoms with Crippen LogP contribution >= 0.6 is 0 Å². The van der Waals surface area contributed by atoms with Crippen LogP contribution in [0.25, 0.3) is 91.7 Å². The Morgan fingerprint density at radius 1 is 0.319 bits per heavy atom. The van der Waals surface area contributed by atoms with Crippen molar-refractivity contribution in [1.82, 2.24) is 0 Å². The molecule has 4 nitrogen and oxygen atoms in total. The highest BCUT2D eigenvalue weighted by atomic mass is 15.1. The second kappa shape index (κ2) is 17.5. The molecule has 334 valence electrons. The van der Waals surface area contributed by atoms with Crippen LogP contribution in [0.15, 0.2) is 255 Å². The van der Waals surface area contributed by atoms with Gasteiger partial charge < -0.3 is 9.80 Å². The minimum absolute atomic E-state index is 0.616. The summed E-state index contributed by atoms with van der Waals surface area (Å²) in [6, 6.07) is 92.7. The van der Waals surface area contributed by atoms with Gasteiger partial charge in [-0.25, -0.2) is 4.85 Å². The van der Waals surface area contributed by atoms with Gasteiger partial charge in [-0.15, -0.1) is 0 Å². The van der Waals surface area contributed by atoms with Gasteiger partial charge >= 0.3 is 0 Å². The fourth-order valence-corrected chi connectivity index (χ4v) is 10.7. The van der Waals surface area contributed by atoms with Crippen LogP contribution in [0.2, 0.25) is 0 Å². The number of nitriles is 1. The predicted octanol–water partition coefficient (Wildman–Crippen LogP) is 19.3. The van der Waals surface area contributed by atoms with Gasteiger partial charge in [0.15, 0.2) is 5.69 Å². The van der Waals surface area contributed by atoms with Gasteiger partial charge in [0.2, 0.25) is 0 Å². The molecule has 13 aromatic carbocycles. The first-order chi connectivity index (χ1) is 35.6. The molecule has 4 heteroatoms. The molecule has 0 bridgehead atoms. The van der Waals surface area contributed by atoms with E-state index < -0.39 is 0 Å². The molecule has 13 aromatic rings. The Kier molecular flexibility index (Phi) is 10.2. The molecular formula is C68H42N4. The number of hydrogen-bond acceptors (Lipinski definition) is 3. The summed E-state index contributed by atoms with van der Waals surface area (Å²) in [6.45, 7) is 7.54. The Morgan fingerprint density at radius 3 is 1.31 bits per heavy atom. The SMILES string of the molecule is [C-]#[N+]c1ccc(N(c2ccc(-c3ccc4c(c3)c3ccccc3c3cc(-c5ccc(N(c6ccc(C#N)cc6)c6ccc7ccccc7c6)cc5)c5ccccc5c43)cc2)c2ccc3ccccc3c2)cc1. The fraction of sp³-hybridized carbons (Fsp3) is 0. The van der Waals surface area contributed by atoms with E-state index in [2.05, 4.69) is 227 Å². The van der Waals surface area contributed by atoms with Crippen LogP contribution in [-0.2, 0) is 0 Å². The molecule has 0 spiro atoms. The van der Waals surface area contributed by atoms with Gasteiger partial charge in [-0.05, 0) is 184 Å². The molecule has 0 aliphatic heterocycles. The third-order valence-corrected chi connectivity index (χ3v) is 14.2. The summed E-state index contributed by atoms with van der Waals surface area (Å²) in [6.07, 6.45) is 0. The molecule has 0 atom stereocenters. The van der Waals surface area contributed by atoms with Crippen LogP contribution in [0.4, 0.5) is 39.8 Å². The van der Waals surface area contributed by atoms with Crippen LogP contribution in [-0.4, -0.2) is 0 Å². The number of hydrogen-bond donors (Lipinski definition) is 0. The number of fused-ring (bicyclic) bond motifs is 10. The summed E-state index contributed by atoms with van der Waals surface area (Å²) in [7, 11) is 0. The summed E-state index contributed by atoms with van der Waals surface area (Å²) >= 11 is 0. The van der Waals surface area contributed by atoms with Crippen molar-refractivity contribution in [3.8, 4) is 28.3 Å². The molecule has 0 fully saturated rings. The zero-order valence-corrected chi connectivity index (χ0v) is 39.0. The molecule has 0 aliphatic rings. The fourth-order valence-electron chi connectivity index (χ4n) is 10.7. The normalized spacial score (nSPS) is 11.3. The Balaban J connectivity index is 0.904. The van der Waals surface area contributed by atoms with Crippen molar-refractivity contribution in [1.29, 1.82) is 5.26 Å². The molecule has 0 aromatic heterocycles. The molecule has 0 unspecified atom stereocenters. The van der Waals surface area contributed by atoms with E-state index in [1.807, 2.05) is 48.5 Å². The summed E-state index contributed by atoms with van der Waals surface area (Å²) in [4.78, 5) is 8.17. The summed E-state index contributed by atoms with van der Waals surface area (Å²) < 4.78 is 0. The van der Waals surface area contributed by atoms with E-state index in [1.165, 1.54) is 70.2 Å². The maximum Gasteiger partial charge on any atom is 0.187 e. The minimum atomic E-state index is 0.616. The van der Waals surface area contributed by atoms with Crippen LogP contribution in [0.5, 0.6) is 0 Å². The molecule has 0 heterocycles. The molecule has 0 amide bonds. The Bertz CT molecular complexity index is 4330. The number of anilines is 6. The molecular weight excluding hydrogens is 873 g/mol. The summed E-state index contributed by atoms with van der Waals surface area (Å²) in [5.41, 5.74) is 12.0.